The van der Waals surface area contributed by atoms with Gasteiger partial charge in [0.15, 0.2) is 0 Å². The normalized spacial score (nSPS) is 14.2. The molecule has 0 aromatic heterocycles. The number of nitrogens with zero attached hydrogens (tertiary/aromatic N) is 2. The Bertz CT molecular complexity index is 461. The second kappa shape index (κ2) is 6.91. The summed E-state index contributed by atoms with van der Waals surface area (Å²) in [5, 5.41) is 0. The minimum atomic E-state index is -0.298. The number of amides is 1. The Morgan fingerprint density at radius 3 is 2.75 bits per heavy atom. The van der Waals surface area contributed by atoms with E-state index in [0.29, 0.717) is 26.3 Å². The van der Waals surface area contributed by atoms with Crippen molar-refractivity contribution in [3.8, 4) is 0 Å². The molecule has 1 aromatic rings. The molecule has 0 radical (unpaired) electrons. The Kier molecular flexibility index (Phi) is 4.95. The summed E-state index contributed by atoms with van der Waals surface area (Å²) in [6, 6.07) is 7.68. The third kappa shape index (κ3) is 3.48. The SMILES string of the molecule is CN(CCOCC=O)c1ccc(N2CCOC2=O)cc1. The first-order valence-electron chi connectivity index (χ1n) is 6.49. The van der Waals surface area contributed by atoms with Crippen LogP contribution in [0.5, 0.6) is 0 Å². The highest BCUT2D eigenvalue weighted by Gasteiger charge is 2.23. The standard InChI is InChI=1S/C14H18N2O4/c1-15(6-9-19-11-8-17)12-2-4-13(5-3-12)16-7-10-20-14(16)18/h2-5,8H,6-7,9-11H2,1H3. The van der Waals surface area contributed by atoms with Gasteiger partial charge in [0.1, 0.15) is 19.5 Å². The van der Waals surface area contributed by atoms with Crippen molar-refractivity contribution in [2.75, 3.05) is 49.8 Å². The summed E-state index contributed by atoms with van der Waals surface area (Å²) < 4.78 is 10.0. The Morgan fingerprint density at radius 1 is 1.40 bits per heavy atom. The molecule has 1 aromatic carbocycles. The molecule has 1 saturated heterocycles. The van der Waals surface area contributed by atoms with Gasteiger partial charge in [-0.15, -0.1) is 0 Å². The molecule has 6 heteroatoms. The summed E-state index contributed by atoms with van der Waals surface area (Å²) in [5.41, 5.74) is 1.86. The van der Waals surface area contributed by atoms with Crippen LogP contribution >= 0.6 is 0 Å². The number of carbonyl (C=O) groups excluding carboxylic acids is 2. The first-order valence-corrected chi connectivity index (χ1v) is 6.49. The van der Waals surface area contributed by atoms with E-state index in [0.717, 1.165) is 17.7 Å². The van der Waals surface area contributed by atoms with Crippen LogP contribution < -0.4 is 9.80 Å². The Labute approximate surface area is 117 Å². The van der Waals surface area contributed by atoms with Gasteiger partial charge >= 0.3 is 6.09 Å². The van der Waals surface area contributed by atoms with Gasteiger partial charge in [-0.25, -0.2) is 4.79 Å². The van der Waals surface area contributed by atoms with Gasteiger partial charge in [0.05, 0.1) is 13.2 Å². The minimum absolute atomic E-state index is 0.129. The van der Waals surface area contributed by atoms with Gasteiger partial charge in [0.2, 0.25) is 0 Å². The maximum absolute atomic E-state index is 11.4. The van der Waals surface area contributed by atoms with Gasteiger partial charge in [-0.2, -0.15) is 0 Å². The van der Waals surface area contributed by atoms with Crippen LogP contribution in [0.25, 0.3) is 0 Å². The lowest BCUT2D eigenvalue weighted by atomic mass is 10.2. The zero-order valence-corrected chi connectivity index (χ0v) is 11.4. The molecule has 0 atom stereocenters. The smallest absolute Gasteiger partial charge is 0.414 e. The molecule has 1 aliphatic rings. The number of cyclic esters (lactones) is 1. The number of ether oxygens (including phenoxy) is 2. The quantitative estimate of drug-likeness (QED) is 0.555. The number of anilines is 2. The lowest BCUT2D eigenvalue weighted by Gasteiger charge is -2.20. The van der Waals surface area contributed by atoms with Crippen molar-refractivity contribution < 1.29 is 19.1 Å². The van der Waals surface area contributed by atoms with Crippen LogP contribution in [0.15, 0.2) is 24.3 Å². The maximum atomic E-state index is 11.4. The largest absolute Gasteiger partial charge is 0.447 e. The topological polar surface area (TPSA) is 59.1 Å². The van der Waals surface area contributed by atoms with E-state index >= 15 is 0 Å². The first-order chi connectivity index (χ1) is 9.72. The fourth-order valence-corrected chi connectivity index (χ4v) is 1.98. The second-order valence-electron chi connectivity index (χ2n) is 4.45. The van der Waals surface area contributed by atoms with Crippen LogP contribution in [0, 0.1) is 0 Å². The van der Waals surface area contributed by atoms with Crippen molar-refractivity contribution in [2.45, 2.75) is 0 Å². The zero-order chi connectivity index (χ0) is 14.4. The van der Waals surface area contributed by atoms with Gasteiger partial charge in [0, 0.05) is 25.0 Å². The van der Waals surface area contributed by atoms with Gasteiger partial charge in [-0.1, -0.05) is 0 Å². The summed E-state index contributed by atoms with van der Waals surface area (Å²) in [7, 11) is 1.95. The molecule has 1 amide bonds. The van der Waals surface area contributed by atoms with E-state index in [1.807, 2.05) is 36.2 Å². The molecular weight excluding hydrogens is 260 g/mol. The van der Waals surface area contributed by atoms with E-state index in [1.165, 1.54) is 0 Å². The fourth-order valence-electron chi connectivity index (χ4n) is 1.98. The van der Waals surface area contributed by atoms with E-state index < -0.39 is 0 Å². The molecule has 6 nitrogen and oxygen atoms in total. The van der Waals surface area contributed by atoms with E-state index in [1.54, 1.807) is 4.90 Å². The molecule has 20 heavy (non-hydrogen) atoms. The molecule has 1 aliphatic heterocycles. The third-order valence-corrected chi connectivity index (χ3v) is 3.12. The van der Waals surface area contributed by atoms with Crippen molar-refractivity contribution in [1.82, 2.24) is 0 Å². The molecular formula is C14H18N2O4. The summed E-state index contributed by atoms with van der Waals surface area (Å²) in [6.07, 6.45) is 0.442. The van der Waals surface area contributed by atoms with Gasteiger partial charge in [-0.3, -0.25) is 4.90 Å². The minimum Gasteiger partial charge on any atom is -0.447 e. The van der Waals surface area contributed by atoms with Crippen LogP contribution in [-0.2, 0) is 14.3 Å². The molecule has 108 valence electrons. The molecule has 0 aliphatic carbocycles. The fraction of sp³-hybridized carbons (Fsp3) is 0.429. The molecule has 2 rings (SSSR count). The summed E-state index contributed by atoms with van der Waals surface area (Å²) >= 11 is 0. The average molecular weight is 278 g/mol. The third-order valence-electron chi connectivity index (χ3n) is 3.12. The highest BCUT2D eigenvalue weighted by molar-refractivity contribution is 5.89. The van der Waals surface area contributed by atoms with E-state index in [4.69, 9.17) is 9.47 Å². The highest BCUT2D eigenvalue weighted by Crippen LogP contribution is 2.22. The second-order valence-corrected chi connectivity index (χ2v) is 4.45. The highest BCUT2D eigenvalue weighted by atomic mass is 16.6. The number of hydrogen-bond acceptors (Lipinski definition) is 5. The average Bonchev–Trinajstić information content (AvgIpc) is 2.90. The molecule has 0 saturated carbocycles. The molecule has 0 N–H and O–H groups in total. The summed E-state index contributed by atoms with van der Waals surface area (Å²) in [6.45, 7) is 2.35. The molecule has 1 fully saturated rings. The first kappa shape index (κ1) is 14.3. The van der Waals surface area contributed by atoms with Gasteiger partial charge < -0.3 is 19.2 Å². The molecule has 0 unspecified atom stereocenters. The predicted octanol–water partition coefficient (Wildman–Crippen LogP) is 1.29. The number of carbonyl (C=O) groups is 2. The Hall–Kier alpha value is -2.08. The van der Waals surface area contributed by atoms with Crippen LogP contribution in [0.2, 0.25) is 0 Å². The van der Waals surface area contributed by atoms with Gasteiger partial charge in [0.25, 0.3) is 0 Å². The van der Waals surface area contributed by atoms with Crippen molar-refractivity contribution in [3.05, 3.63) is 24.3 Å². The predicted molar refractivity (Wildman–Crippen MR) is 75.3 cm³/mol. The zero-order valence-electron chi connectivity index (χ0n) is 11.4. The monoisotopic (exact) mass is 278 g/mol. The van der Waals surface area contributed by atoms with E-state index in [2.05, 4.69) is 0 Å². The van der Waals surface area contributed by atoms with Crippen LogP contribution in [-0.4, -0.2) is 52.3 Å². The van der Waals surface area contributed by atoms with Crippen molar-refractivity contribution in [3.63, 3.8) is 0 Å². The summed E-state index contributed by atoms with van der Waals surface area (Å²) in [4.78, 5) is 25.2. The molecule has 1 heterocycles. The molecule has 0 spiro atoms. The number of rotatable bonds is 7. The van der Waals surface area contributed by atoms with Gasteiger partial charge in [-0.05, 0) is 24.3 Å². The Balaban J connectivity index is 1.90. The van der Waals surface area contributed by atoms with Crippen LogP contribution in [0.1, 0.15) is 0 Å². The Morgan fingerprint density at radius 2 is 2.15 bits per heavy atom. The number of aldehydes is 1. The number of benzene rings is 1. The number of hydrogen-bond donors (Lipinski definition) is 0. The van der Waals surface area contributed by atoms with Crippen LogP contribution in [0.3, 0.4) is 0 Å². The van der Waals surface area contributed by atoms with Crippen molar-refractivity contribution in [1.29, 1.82) is 0 Å². The van der Waals surface area contributed by atoms with Crippen LogP contribution in [0.4, 0.5) is 16.2 Å². The summed E-state index contributed by atoms with van der Waals surface area (Å²) in [5.74, 6) is 0. The lowest BCUT2D eigenvalue weighted by molar-refractivity contribution is -0.111. The van der Waals surface area contributed by atoms with E-state index in [9.17, 15) is 9.59 Å². The molecule has 0 bridgehead atoms. The van der Waals surface area contributed by atoms with Crippen molar-refractivity contribution >= 4 is 23.8 Å². The number of likely N-dealkylation sites (N-methyl/N-ethyl adjacent to an activating group) is 1. The van der Waals surface area contributed by atoms with Crippen molar-refractivity contribution in [2.24, 2.45) is 0 Å². The van der Waals surface area contributed by atoms with E-state index in [-0.39, 0.29) is 12.7 Å². The lowest BCUT2D eigenvalue weighted by Crippen LogP contribution is -2.24. The maximum Gasteiger partial charge on any atom is 0.414 e.